The van der Waals surface area contributed by atoms with E-state index in [1.54, 1.807) is 17.0 Å². The zero-order valence-corrected chi connectivity index (χ0v) is 23.1. The number of aryl methyl sites for hydroxylation is 2. The molecule has 36 heavy (non-hydrogen) atoms. The van der Waals surface area contributed by atoms with Crippen LogP contribution < -0.4 is 5.32 Å². The van der Waals surface area contributed by atoms with Crippen LogP contribution in [-0.4, -0.2) is 28.3 Å². The monoisotopic (exact) mass is 524 g/mol. The molecule has 3 rings (SSSR count). The molecule has 1 N–H and O–H groups in total. The highest BCUT2D eigenvalue weighted by Crippen LogP contribution is 2.25. The third kappa shape index (κ3) is 7.84. The number of nitrogens with one attached hydrogen (secondary N) is 1. The van der Waals surface area contributed by atoms with E-state index in [1.165, 1.54) is 5.56 Å². The van der Waals surface area contributed by atoms with E-state index < -0.39 is 11.6 Å². The summed E-state index contributed by atoms with van der Waals surface area (Å²) in [6.45, 7) is 10.1. The molecule has 0 radical (unpaired) electrons. The molecule has 0 saturated carbocycles. The fourth-order valence-corrected chi connectivity index (χ4v) is 4.50. The van der Waals surface area contributed by atoms with Crippen LogP contribution in [0.5, 0.6) is 0 Å². The Kier molecular flexibility index (Phi) is 9.21. The van der Waals surface area contributed by atoms with Crippen molar-refractivity contribution >= 4 is 35.0 Å². The molecule has 3 aromatic carbocycles. The van der Waals surface area contributed by atoms with Gasteiger partial charge >= 0.3 is 0 Å². The number of hydrogen-bond acceptors (Lipinski definition) is 2. The lowest BCUT2D eigenvalue weighted by Crippen LogP contribution is -2.54. The molecule has 2 amide bonds. The van der Waals surface area contributed by atoms with Crippen molar-refractivity contribution in [3.05, 3.63) is 105 Å². The Balaban J connectivity index is 2.03. The van der Waals surface area contributed by atoms with Crippen LogP contribution in [0.25, 0.3) is 0 Å². The van der Waals surface area contributed by atoms with Crippen molar-refractivity contribution < 1.29 is 9.59 Å². The highest BCUT2D eigenvalue weighted by molar-refractivity contribution is 6.35. The minimum Gasteiger partial charge on any atom is -0.350 e. The maximum Gasteiger partial charge on any atom is 0.243 e. The summed E-state index contributed by atoms with van der Waals surface area (Å²) in [5.41, 5.74) is 4.45. The van der Waals surface area contributed by atoms with Crippen LogP contribution in [0.15, 0.2) is 66.7 Å². The van der Waals surface area contributed by atoms with E-state index in [4.69, 9.17) is 23.2 Å². The van der Waals surface area contributed by atoms with E-state index in [0.717, 1.165) is 22.3 Å². The highest BCUT2D eigenvalue weighted by Gasteiger charge is 2.32. The van der Waals surface area contributed by atoms with Gasteiger partial charge in [-0.1, -0.05) is 77.8 Å². The Bertz CT molecular complexity index is 1220. The van der Waals surface area contributed by atoms with Gasteiger partial charge in [-0.05, 0) is 74.6 Å². The molecule has 1 unspecified atom stereocenters. The lowest BCUT2D eigenvalue weighted by atomic mass is 9.99. The van der Waals surface area contributed by atoms with Gasteiger partial charge in [0.2, 0.25) is 11.8 Å². The SMILES string of the molecule is Cc1ccc(CC(=O)N(Cc2ccc(Cl)cc2Cl)C(Cc2ccccc2)C(=O)NC(C)(C)C)cc1C. The zero-order chi connectivity index (χ0) is 26.5. The minimum atomic E-state index is -0.725. The summed E-state index contributed by atoms with van der Waals surface area (Å²) in [7, 11) is 0. The quantitative estimate of drug-likeness (QED) is 0.356. The number of carbonyl (C=O) groups excluding carboxylic acids is 2. The zero-order valence-electron chi connectivity index (χ0n) is 21.6. The van der Waals surface area contributed by atoms with Crippen molar-refractivity contribution in [1.29, 1.82) is 0 Å². The van der Waals surface area contributed by atoms with Crippen molar-refractivity contribution in [2.75, 3.05) is 0 Å². The van der Waals surface area contributed by atoms with Crippen LogP contribution in [0, 0.1) is 13.8 Å². The van der Waals surface area contributed by atoms with Gasteiger partial charge in [-0.25, -0.2) is 0 Å². The fourth-order valence-electron chi connectivity index (χ4n) is 4.03. The molecular weight excluding hydrogens is 491 g/mol. The van der Waals surface area contributed by atoms with Gasteiger partial charge in [0.1, 0.15) is 6.04 Å². The molecular formula is C30H34Cl2N2O2. The Labute approximate surface area is 224 Å². The molecule has 0 aliphatic rings. The van der Waals surface area contributed by atoms with Crippen molar-refractivity contribution in [2.24, 2.45) is 0 Å². The van der Waals surface area contributed by atoms with Crippen LogP contribution in [0.3, 0.4) is 0 Å². The van der Waals surface area contributed by atoms with Crippen LogP contribution >= 0.6 is 23.2 Å². The van der Waals surface area contributed by atoms with Crippen molar-refractivity contribution in [3.63, 3.8) is 0 Å². The summed E-state index contributed by atoms with van der Waals surface area (Å²) in [6, 6.07) is 20.3. The van der Waals surface area contributed by atoms with Crippen LogP contribution in [0.1, 0.15) is 48.6 Å². The summed E-state index contributed by atoms with van der Waals surface area (Å²) in [4.78, 5) is 29.2. The van der Waals surface area contributed by atoms with Gasteiger partial charge in [-0.2, -0.15) is 0 Å². The molecule has 0 saturated heterocycles. The first kappa shape index (κ1) is 27.8. The van der Waals surface area contributed by atoms with Gasteiger partial charge in [0, 0.05) is 28.5 Å². The molecule has 0 heterocycles. The molecule has 0 bridgehead atoms. The van der Waals surface area contributed by atoms with Crippen LogP contribution in [0.4, 0.5) is 0 Å². The number of hydrogen-bond donors (Lipinski definition) is 1. The average Bonchev–Trinajstić information content (AvgIpc) is 2.79. The van der Waals surface area contributed by atoms with E-state index in [0.29, 0.717) is 16.5 Å². The number of carbonyl (C=O) groups is 2. The number of halogens is 2. The molecule has 0 spiro atoms. The predicted molar refractivity (Wildman–Crippen MR) is 148 cm³/mol. The standard InChI is InChI=1S/C30H34Cl2N2O2/c1-20-11-12-23(15-21(20)2)17-28(35)34(19-24-13-14-25(31)18-26(24)32)27(29(36)33-30(3,4)5)16-22-9-7-6-8-10-22/h6-15,18,27H,16-17,19H2,1-5H3,(H,33,36). The molecule has 4 nitrogen and oxygen atoms in total. The normalized spacial score (nSPS) is 12.2. The van der Waals surface area contributed by atoms with Crippen LogP contribution in [-0.2, 0) is 29.0 Å². The first-order chi connectivity index (χ1) is 16.9. The number of amides is 2. The minimum absolute atomic E-state index is 0.144. The summed E-state index contributed by atoms with van der Waals surface area (Å²) in [5, 5.41) is 4.05. The van der Waals surface area contributed by atoms with Gasteiger partial charge in [0.05, 0.1) is 6.42 Å². The van der Waals surface area contributed by atoms with Gasteiger partial charge < -0.3 is 10.2 Å². The first-order valence-electron chi connectivity index (χ1n) is 12.1. The number of nitrogens with zero attached hydrogens (tertiary/aromatic N) is 1. The van der Waals surface area contributed by atoms with Crippen molar-refractivity contribution in [1.82, 2.24) is 10.2 Å². The van der Waals surface area contributed by atoms with Gasteiger partial charge in [-0.15, -0.1) is 0 Å². The topological polar surface area (TPSA) is 49.4 Å². The summed E-state index contributed by atoms with van der Waals surface area (Å²) in [6.07, 6.45) is 0.563. The summed E-state index contributed by atoms with van der Waals surface area (Å²) < 4.78 is 0. The molecule has 6 heteroatoms. The molecule has 1 atom stereocenters. The maximum atomic E-state index is 13.9. The van der Waals surface area contributed by atoms with Crippen molar-refractivity contribution in [3.8, 4) is 0 Å². The molecule has 0 aliphatic heterocycles. The number of benzene rings is 3. The Morgan fingerprint density at radius 3 is 2.19 bits per heavy atom. The van der Waals surface area contributed by atoms with E-state index in [9.17, 15) is 9.59 Å². The Morgan fingerprint density at radius 1 is 0.889 bits per heavy atom. The molecule has 3 aromatic rings. The van der Waals surface area contributed by atoms with Gasteiger partial charge in [0.25, 0.3) is 0 Å². The molecule has 0 fully saturated rings. The first-order valence-corrected chi connectivity index (χ1v) is 12.8. The second-order valence-electron chi connectivity index (χ2n) is 10.3. The van der Waals surface area contributed by atoms with Gasteiger partial charge in [-0.3, -0.25) is 9.59 Å². The fraction of sp³-hybridized carbons (Fsp3) is 0.333. The second kappa shape index (κ2) is 11.9. The Hall–Kier alpha value is -2.82. The largest absolute Gasteiger partial charge is 0.350 e. The second-order valence-corrected chi connectivity index (χ2v) is 11.1. The summed E-state index contributed by atoms with van der Waals surface area (Å²) in [5.74, 6) is -0.348. The smallest absolute Gasteiger partial charge is 0.243 e. The average molecular weight is 526 g/mol. The third-order valence-corrected chi connectivity index (χ3v) is 6.64. The third-order valence-electron chi connectivity index (χ3n) is 6.05. The number of rotatable bonds is 8. The van der Waals surface area contributed by atoms with Gasteiger partial charge in [0.15, 0.2) is 0 Å². The molecule has 190 valence electrons. The predicted octanol–water partition coefficient (Wildman–Crippen LogP) is 6.71. The highest BCUT2D eigenvalue weighted by atomic mass is 35.5. The molecule has 0 aliphatic carbocycles. The molecule has 0 aromatic heterocycles. The summed E-state index contributed by atoms with van der Waals surface area (Å²) >= 11 is 12.6. The van der Waals surface area contributed by atoms with E-state index in [1.807, 2.05) is 89.2 Å². The van der Waals surface area contributed by atoms with E-state index in [2.05, 4.69) is 5.32 Å². The van der Waals surface area contributed by atoms with Crippen LogP contribution in [0.2, 0.25) is 10.0 Å². The maximum absolute atomic E-state index is 13.9. The van der Waals surface area contributed by atoms with Crippen molar-refractivity contribution in [2.45, 2.75) is 65.6 Å². The lowest BCUT2D eigenvalue weighted by molar-refractivity contribution is -0.141. The van der Waals surface area contributed by atoms with E-state index >= 15 is 0 Å². The van der Waals surface area contributed by atoms with E-state index in [-0.39, 0.29) is 24.8 Å². The Morgan fingerprint density at radius 2 is 1.58 bits per heavy atom. The lowest BCUT2D eigenvalue weighted by Gasteiger charge is -2.34.